The highest BCUT2D eigenvalue weighted by Crippen LogP contribution is 2.12. The molecule has 2 N–H and O–H groups in total. The van der Waals surface area contributed by atoms with Crippen LogP contribution in [0.5, 0.6) is 0 Å². The molecule has 1 fully saturated rings. The summed E-state index contributed by atoms with van der Waals surface area (Å²) < 4.78 is 12.9. The molecule has 1 aliphatic rings. The van der Waals surface area contributed by atoms with E-state index in [1.54, 1.807) is 23.1 Å². The summed E-state index contributed by atoms with van der Waals surface area (Å²) in [6.45, 7) is 0.963. The third kappa shape index (κ3) is 4.44. The van der Waals surface area contributed by atoms with Crippen molar-refractivity contribution in [2.75, 3.05) is 13.1 Å². The van der Waals surface area contributed by atoms with Gasteiger partial charge in [0, 0.05) is 37.5 Å². The Morgan fingerprint density at radius 1 is 1.19 bits per heavy atom. The lowest BCUT2D eigenvalue weighted by molar-refractivity contribution is -0.125. The largest absolute Gasteiger partial charge is 0.347 e. The van der Waals surface area contributed by atoms with Gasteiger partial charge in [0.1, 0.15) is 5.82 Å². The maximum Gasteiger partial charge on any atom is 0.253 e. The minimum Gasteiger partial charge on any atom is -0.347 e. The van der Waals surface area contributed by atoms with Gasteiger partial charge in [-0.1, -0.05) is 12.1 Å². The van der Waals surface area contributed by atoms with Crippen LogP contribution in [0, 0.1) is 5.82 Å². The SMILES string of the molecule is O=C(NC1CCN(C(=O)C=Cc2ccc(F)cc2)C1)c1ccc(=O)[nH]c1. The number of carbonyl (C=O) groups excluding carboxylic acids is 2. The van der Waals surface area contributed by atoms with Crippen molar-refractivity contribution in [2.24, 2.45) is 0 Å². The number of H-pyrrole nitrogens is 1. The number of nitrogens with one attached hydrogen (secondary N) is 2. The van der Waals surface area contributed by atoms with Crippen LogP contribution in [-0.2, 0) is 4.79 Å². The van der Waals surface area contributed by atoms with E-state index in [0.29, 0.717) is 25.1 Å². The average Bonchev–Trinajstić information content (AvgIpc) is 3.10. The monoisotopic (exact) mass is 355 g/mol. The highest BCUT2D eigenvalue weighted by atomic mass is 19.1. The number of hydrogen-bond donors (Lipinski definition) is 2. The lowest BCUT2D eigenvalue weighted by Crippen LogP contribution is -2.38. The van der Waals surface area contributed by atoms with E-state index >= 15 is 0 Å². The second-order valence-electron chi connectivity index (χ2n) is 6.07. The molecule has 0 saturated carbocycles. The van der Waals surface area contributed by atoms with Crippen molar-refractivity contribution in [3.05, 3.63) is 76.0 Å². The van der Waals surface area contributed by atoms with Crippen molar-refractivity contribution in [1.82, 2.24) is 15.2 Å². The zero-order valence-corrected chi connectivity index (χ0v) is 13.9. The van der Waals surface area contributed by atoms with Crippen molar-refractivity contribution in [2.45, 2.75) is 12.5 Å². The summed E-state index contributed by atoms with van der Waals surface area (Å²) in [6, 6.07) is 8.46. The van der Waals surface area contributed by atoms with E-state index < -0.39 is 0 Å². The first kappa shape index (κ1) is 17.6. The Morgan fingerprint density at radius 3 is 2.65 bits per heavy atom. The topological polar surface area (TPSA) is 82.3 Å². The van der Waals surface area contributed by atoms with E-state index in [-0.39, 0.29) is 29.2 Å². The van der Waals surface area contributed by atoms with Crippen LogP contribution in [0.2, 0.25) is 0 Å². The number of aromatic amines is 1. The number of rotatable bonds is 4. The van der Waals surface area contributed by atoms with Gasteiger partial charge in [-0.15, -0.1) is 0 Å². The predicted octanol–water partition coefficient (Wildman–Crippen LogP) is 1.56. The Hall–Kier alpha value is -3.22. The van der Waals surface area contributed by atoms with Crippen molar-refractivity contribution in [1.29, 1.82) is 0 Å². The molecule has 7 heteroatoms. The lowest BCUT2D eigenvalue weighted by atomic mass is 10.2. The van der Waals surface area contributed by atoms with E-state index in [4.69, 9.17) is 0 Å². The normalized spacial score (nSPS) is 16.8. The number of carbonyl (C=O) groups is 2. The number of benzene rings is 1. The van der Waals surface area contributed by atoms with E-state index in [1.807, 2.05) is 0 Å². The fourth-order valence-corrected chi connectivity index (χ4v) is 2.75. The fourth-order valence-electron chi connectivity index (χ4n) is 2.75. The second-order valence-corrected chi connectivity index (χ2v) is 6.07. The highest BCUT2D eigenvalue weighted by molar-refractivity contribution is 5.94. The molecule has 0 aliphatic carbocycles. The van der Waals surface area contributed by atoms with Crippen molar-refractivity contribution in [3.8, 4) is 0 Å². The minimum atomic E-state index is -0.325. The Balaban J connectivity index is 1.53. The molecule has 1 aromatic carbocycles. The zero-order valence-electron chi connectivity index (χ0n) is 13.9. The first-order valence-corrected chi connectivity index (χ1v) is 8.23. The fraction of sp³-hybridized carbons (Fsp3) is 0.211. The lowest BCUT2D eigenvalue weighted by Gasteiger charge is -2.15. The standard InChI is InChI=1S/C19H18FN3O3/c20-15-5-1-13(2-6-15)3-8-18(25)23-10-9-16(12-23)22-19(26)14-4-7-17(24)21-11-14/h1-8,11,16H,9-10,12H2,(H,21,24)(H,22,26). The van der Waals surface area contributed by atoms with Gasteiger partial charge in [0.15, 0.2) is 0 Å². The van der Waals surface area contributed by atoms with Crippen LogP contribution in [-0.4, -0.2) is 40.8 Å². The van der Waals surface area contributed by atoms with Crippen LogP contribution in [0.1, 0.15) is 22.3 Å². The van der Waals surface area contributed by atoms with Crippen molar-refractivity contribution < 1.29 is 14.0 Å². The summed E-state index contributed by atoms with van der Waals surface area (Å²) in [7, 11) is 0. The van der Waals surface area contributed by atoms with Gasteiger partial charge >= 0.3 is 0 Å². The van der Waals surface area contributed by atoms with Gasteiger partial charge < -0.3 is 15.2 Å². The molecule has 1 saturated heterocycles. The van der Waals surface area contributed by atoms with Gasteiger partial charge in [0.2, 0.25) is 11.5 Å². The number of aromatic nitrogens is 1. The molecule has 0 bridgehead atoms. The maximum atomic E-state index is 12.9. The van der Waals surface area contributed by atoms with E-state index in [9.17, 15) is 18.8 Å². The molecule has 0 spiro atoms. The number of amides is 2. The number of nitrogens with zero attached hydrogens (tertiary/aromatic N) is 1. The zero-order chi connectivity index (χ0) is 18.5. The smallest absolute Gasteiger partial charge is 0.253 e. The highest BCUT2D eigenvalue weighted by Gasteiger charge is 2.26. The van der Waals surface area contributed by atoms with Crippen LogP contribution in [0.3, 0.4) is 0 Å². The first-order valence-electron chi connectivity index (χ1n) is 8.23. The van der Waals surface area contributed by atoms with Gasteiger partial charge in [0.05, 0.1) is 5.56 Å². The molecule has 2 heterocycles. The molecule has 134 valence electrons. The molecular formula is C19H18FN3O3. The quantitative estimate of drug-likeness (QED) is 0.817. The molecule has 3 rings (SSSR count). The van der Waals surface area contributed by atoms with Gasteiger partial charge in [-0.2, -0.15) is 0 Å². The maximum absolute atomic E-state index is 12.9. The summed E-state index contributed by atoms with van der Waals surface area (Å²) in [5, 5.41) is 2.86. The van der Waals surface area contributed by atoms with E-state index in [0.717, 1.165) is 5.56 Å². The summed E-state index contributed by atoms with van der Waals surface area (Å²) in [5.74, 6) is -0.772. The minimum absolute atomic E-state index is 0.141. The Labute approximate surface area is 149 Å². The Morgan fingerprint density at radius 2 is 1.96 bits per heavy atom. The average molecular weight is 355 g/mol. The molecular weight excluding hydrogens is 337 g/mol. The molecule has 1 aliphatic heterocycles. The van der Waals surface area contributed by atoms with Crippen LogP contribution in [0.25, 0.3) is 6.08 Å². The summed E-state index contributed by atoms with van der Waals surface area (Å²) >= 11 is 0. The van der Waals surface area contributed by atoms with Crippen LogP contribution >= 0.6 is 0 Å². The molecule has 1 atom stereocenters. The second kappa shape index (κ2) is 7.77. The van der Waals surface area contributed by atoms with Crippen LogP contribution < -0.4 is 10.9 Å². The number of likely N-dealkylation sites (tertiary alicyclic amines) is 1. The number of hydrogen-bond acceptors (Lipinski definition) is 3. The molecule has 6 nitrogen and oxygen atoms in total. The van der Waals surface area contributed by atoms with Crippen molar-refractivity contribution >= 4 is 17.9 Å². The molecule has 2 amide bonds. The summed E-state index contributed by atoms with van der Waals surface area (Å²) in [6.07, 6.45) is 5.10. The predicted molar refractivity (Wildman–Crippen MR) is 94.9 cm³/mol. The molecule has 1 aromatic heterocycles. The third-order valence-electron chi connectivity index (χ3n) is 4.17. The Bertz CT molecular complexity index is 869. The van der Waals surface area contributed by atoms with Crippen molar-refractivity contribution in [3.63, 3.8) is 0 Å². The van der Waals surface area contributed by atoms with E-state index in [1.165, 1.54) is 36.5 Å². The molecule has 0 radical (unpaired) electrons. The van der Waals surface area contributed by atoms with Gasteiger partial charge in [-0.05, 0) is 36.3 Å². The molecule has 2 aromatic rings. The number of halogens is 1. The van der Waals surface area contributed by atoms with Gasteiger partial charge in [-0.3, -0.25) is 14.4 Å². The van der Waals surface area contributed by atoms with Gasteiger partial charge in [-0.25, -0.2) is 4.39 Å². The number of pyridine rings is 1. The van der Waals surface area contributed by atoms with E-state index in [2.05, 4.69) is 10.3 Å². The van der Waals surface area contributed by atoms with Gasteiger partial charge in [0.25, 0.3) is 5.91 Å². The summed E-state index contributed by atoms with van der Waals surface area (Å²) in [5.41, 5.74) is 0.833. The van der Waals surface area contributed by atoms with Crippen LogP contribution in [0.4, 0.5) is 4.39 Å². The third-order valence-corrected chi connectivity index (χ3v) is 4.17. The molecule has 26 heavy (non-hydrogen) atoms. The van der Waals surface area contributed by atoms with Crippen LogP contribution in [0.15, 0.2) is 53.5 Å². The Kier molecular flexibility index (Phi) is 5.26. The molecule has 1 unspecified atom stereocenters. The first-order chi connectivity index (χ1) is 12.5. The summed E-state index contributed by atoms with van der Waals surface area (Å²) in [4.78, 5) is 39.5.